The number of alkyl halides is 1. The summed E-state index contributed by atoms with van der Waals surface area (Å²) in [6.45, 7) is 1.92. The van der Waals surface area contributed by atoms with Crippen molar-refractivity contribution in [2.45, 2.75) is 24.1 Å². The van der Waals surface area contributed by atoms with Gasteiger partial charge in [-0.05, 0) is 54.1 Å². The minimum atomic E-state index is -0.187. The van der Waals surface area contributed by atoms with Crippen molar-refractivity contribution in [2.24, 2.45) is 5.73 Å². The number of allylic oxidation sites excluding steroid dienone is 3. The lowest BCUT2D eigenvalue weighted by Gasteiger charge is -2.29. The Bertz CT molecular complexity index is 951. The van der Waals surface area contributed by atoms with Crippen LogP contribution in [0.25, 0.3) is 0 Å². The van der Waals surface area contributed by atoms with Crippen molar-refractivity contribution in [2.75, 3.05) is 7.11 Å². The Kier molecular flexibility index (Phi) is 7.57. The number of nitrogens with two attached hydrogens (primary N) is 1. The molecule has 3 aromatic rings. The lowest BCUT2D eigenvalue weighted by molar-refractivity contribution is 0.395. The van der Waals surface area contributed by atoms with Gasteiger partial charge in [0.25, 0.3) is 0 Å². The van der Waals surface area contributed by atoms with Crippen LogP contribution >= 0.6 is 11.6 Å². The van der Waals surface area contributed by atoms with Crippen LogP contribution < -0.4 is 10.5 Å². The van der Waals surface area contributed by atoms with Gasteiger partial charge in [0.05, 0.1) is 12.8 Å². The molecule has 2 unspecified atom stereocenters. The summed E-state index contributed by atoms with van der Waals surface area (Å²) in [5.74, 6) is 0.253. The van der Waals surface area contributed by atoms with E-state index >= 15 is 0 Å². The third-order valence-electron chi connectivity index (χ3n) is 4.76. The summed E-state index contributed by atoms with van der Waals surface area (Å²) in [6, 6.07) is 13.7. The van der Waals surface area contributed by atoms with Crippen molar-refractivity contribution in [3.63, 3.8) is 0 Å². The molecule has 0 aliphatic carbocycles. The number of methoxy groups -OCH3 is 1. The van der Waals surface area contributed by atoms with Crippen LogP contribution in [0.5, 0.6) is 5.88 Å². The van der Waals surface area contributed by atoms with Gasteiger partial charge in [0, 0.05) is 48.1 Å². The van der Waals surface area contributed by atoms with E-state index in [1.54, 1.807) is 19.5 Å². The van der Waals surface area contributed by atoms with Crippen LogP contribution in [0.4, 0.5) is 0 Å². The van der Waals surface area contributed by atoms with Crippen molar-refractivity contribution in [1.82, 2.24) is 15.0 Å². The van der Waals surface area contributed by atoms with E-state index in [-0.39, 0.29) is 17.2 Å². The Balaban J connectivity index is 2.28. The summed E-state index contributed by atoms with van der Waals surface area (Å²) in [6.07, 6.45) is 12.7. The average molecular weight is 421 g/mol. The van der Waals surface area contributed by atoms with Gasteiger partial charge in [-0.3, -0.25) is 9.97 Å². The highest BCUT2D eigenvalue weighted by Crippen LogP contribution is 2.43. The number of pyridine rings is 3. The first-order valence-electron chi connectivity index (χ1n) is 9.69. The third kappa shape index (κ3) is 5.24. The summed E-state index contributed by atoms with van der Waals surface area (Å²) < 4.78 is 5.39. The van der Waals surface area contributed by atoms with Crippen molar-refractivity contribution >= 4 is 11.6 Å². The van der Waals surface area contributed by atoms with E-state index < -0.39 is 0 Å². The number of rotatable bonds is 8. The van der Waals surface area contributed by atoms with E-state index in [9.17, 15) is 0 Å². The number of aromatic nitrogens is 3. The maximum absolute atomic E-state index is 6.37. The van der Waals surface area contributed by atoms with Crippen LogP contribution in [0.2, 0.25) is 0 Å². The molecule has 0 radical (unpaired) electrons. The van der Waals surface area contributed by atoms with Crippen LogP contribution in [0.1, 0.15) is 35.6 Å². The summed E-state index contributed by atoms with van der Waals surface area (Å²) in [5.41, 5.74) is 9.70. The highest BCUT2D eigenvalue weighted by atomic mass is 35.5. The number of hydrogen-bond donors (Lipinski definition) is 1. The second-order valence-electron chi connectivity index (χ2n) is 6.84. The predicted octanol–water partition coefficient (Wildman–Crippen LogP) is 4.82. The van der Waals surface area contributed by atoms with Gasteiger partial charge < -0.3 is 10.5 Å². The van der Waals surface area contributed by atoms with Crippen LogP contribution in [0.15, 0.2) is 91.2 Å². The van der Waals surface area contributed by atoms with E-state index in [1.807, 2.05) is 61.8 Å². The van der Waals surface area contributed by atoms with Crippen molar-refractivity contribution in [1.29, 1.82) is 0 Å². The highest BCUT2D eigenvalue weighted by molar-refractivity contribution is 6.21. The van der Waals surface area contributed by atoms with Gasteiger partial charge in [-0.1, -0.05) is 24.3 Å². The minimum absolute atomic E-state index is 0.107. The molecule has 30 heavy (non-hydrogen) atoms. The van der Waals surface area contributed by atoms with E-state index in [2.05, 4.69) is 22.1 Å². The largest absolute Gasteiger partial charge is 0.481 e. The van der Waals surface area contributed by atoms with Crippen molar-refractivity contribution in [3.8, 4) is 5.88 Å². The fourth-order valence-electron chi connectivity index (χ4n) is 3.59. The topological polar surface area (TPSA) is 73.9 Å². The predicted molar refractivity (Wildman–Crippen MR) is 121 cm³/mol. The van der Waals surface area contributed by atoms with Crippen LogP contribution in [0, 0.1) is 0 Å². The number of ether oxygens (including phenoxy) is 1. The van der Waals surface area contributed by atoms with E-state index in [0.29, 0.717) is 5.88 Å². The van der Waals surface area contributed by atoms with Gasteiger partial charge in [0.15, 0.2) is 0 Å². The van der Waals surface area contributed by atoms with Gasteiger partial charge in [-0.25, -0.2) is 4.98 Å². The Morgan fingerprint density at radius 3 is 2.20 bits per heavy atom. The summed E-state index contributed by atoms with van der Waals surface area (Å²) in [7, 11) is 1.61. The molecule has 0 aromatic carbocycles. The first-order valence-corrected chi connectivity index (χ1v) is 10.1. The Morgan fingerprint density at radius 1 is 1.03 bits per heavy atom. The fraction of sp³-hybridized carbons (Fsp3) is 0.208. The Morgan fingerprint density at radius 2 is 1.70 bits per heavy atom. The molecule has 3 heterocycles. The Labute approximate surface area is 182 Å². The van der Waals surface area contributed by atoms with Gasteiger partial charge in [0.2, 0.25) is 5.88 Å². The second kappa shape index (κ2) is 10.6. The molecule has 0 saturated heterocycles. The molecule has 0 fully saturated rings. The lowest BCUT2D eigenvalue weighted by atomic mass is 9.75. The lowest BCUT2D eigenvalue weighted by Crippen LogP contribution is -2.17. The molecular weight excluding hydrogens is 396 g/mol. The maximum atomic E-state index is 6.37. The van der Waals surface area contributed by atoms with Crippen LogP contribution in [0.3, 0.4) is 0 Å². The van der Waals surface area contributed by atoms with Crippen LogP contribution in [-0.4, -0.2) is 27.4 Å². The van der Waals surface area contributed by atoms with Gasteiger partial charge >= 0.3 is 0 Å². The first kappa shape index (κ1) is 21.5. The fourth-order valence-corrected chi connectivity index (χ4v) is 3.73. The van der Waals surface area contributed by atoms with Gasteiger partial charge in [-0.15, -0.1) is 11.6 Å². The van der Waals surface area contributed by atoms with Gasteiger partial charge in [-0.2, -0.15) is 0 Å². The minimum Gasteiger partial charge on any atom is -0.481 e. The third-order valence-corrected chi connectivity index (χ3v) is 4.89. The zero-order valence-electron chi connectivity index (χ0n) is 17.0. The highest BCUT2D eigenvalue weighted by Gasteiger charge is 2.31. The normalized spacial score (nSPS) is 14.1. The molecule has 6 heteroatoms. The van der Waals surface area contributed by atoms with Crippen LogP contribution in [-0.2, 0) is 0 Å². The molecule has 154 valence electrons. The molecule has 3 aromatic heterocycles. The number of halogens is 1. The molecule has 0 bridgehead atoms. The number of hydrogen-bond acceptors (Lipinski definition) is 5. The molecule has 0 aliphatic heterocycles. The van der Waals surface area contributed by atoms with E-state index in [0.717, 1.165) is 22.4 Å². The standard InChI is InChI=1S/C24H25ClN4O/c1-17(25)14-18(10-11-26)24(21-8-3-9-22(29-21)30-2)23(19-6-4-12-27-15-19)20-7-5-13-28-16-20/h3-17,23-24H,26H2,1-2H3/b11-10-,18-14+. The van der Waals surface area contributed by atoms with Crippen molar-refractivity contribution < 1.29 is 4.74 Å². The van der Waals surface area contributed by atoms with E-state index in [1.165, 1.54) is 6.20 Å². The quantitative estimate of drug-likeness (QED) is 0.417. The summed E-state index contributed by atoms with van der Waals surface area (Å²) in [5, 5.41) is -0.187. The molecule has 3 rings (SSSR count). The summed E-state index contributed by atoms with van der Waals surface area (Å²) in [4.78, 5) is 13.5. The zero-order chi connectivity index (χ0) is 21.3. The average Bonchev–Trinajstić information content (AvgIpc) is 2.78. The summed E-state index contributed by atoms with van der Waals surface area (Å²) >= 11 is 6.37. The second-order valence-corrected chi connectivity index (χ2v) is 7.52. The van der Waals surface area contributed by atoms with Crippen molar-refractivity contribution in [3.05, 3.63) is 108 Å². The molecule has 2 N–H and O–H groups in total. The molecular formula is C24H25ClN4O. The smallest absolute Gasteiger partial charge is 0.213 e. The monoisotopic (exact) mass is 420 g/mol. The van der Waals surface area contributed by atoms with Gasteiger partial charge in [0.1, 0.15) is 0 Å². The molecule has 0 amide bonds. The van der Waals surface area contributed by atoms with E-state index in [4.69, 9.17) is 27.1 Å². The molecule has 0 saturated carbocycles. The molecule has 0 spiro atoms. The molecule has 2 atom stereocenters. The Hall–Kier alpha value is -3.18. The molecule has 0 aliphatic rings. The maximum Gasteiger partial charge on any atom is 0.213 e. The molecule has 5 nitrogen and oxygen atoms in total. The SMILES string of the molecule is COc1cccc(C(C(/C=C\N)=C/C(C)Cl)C(c2cccnc2)c2cccnc2)n1. The first-order chi connectivity index (χ1) is 14.6. The zero-order valence-corrected chi connectivity index (χ0v) is 17.8. The number of nitrogens with zero attached hydrogens (tertiary/aromatic N) is 3.